The molecule has 13 heavy (non-hydrogen) atoms. The van der Waals surface area contributed by atoms with Crippen molar-refractivity contribution in [3.05, 3.63) is 17.5 Å². The van der Waals surface area contributed by atoms with Gasteiger partial charge in [0.1, 0.15) is 5.92 Å². The van der Waals surface area contributed by atoms with Crippen LogP contribution in [-0.2, 0) is 11.8 Å². The summed E-state index contributed by atoms with van der Waals surface area (Å²) in [4.78, 5) is 10.8. The van der Waals surface area contributed by atoms with Crippen molar-refractivity contribution < 1.29 is 9.90 Å². The highest BCUT2D eigenvalue weighted by atomic mass is 16.4. The first-order valence-corrected chi connectivity index (χ1v) is 3.99. The molecule has 5 nitrogen and oxygen atoms in total. The maximum absolute atomic E-state index is 10.8. The molecule has 0 saturated carbocycles. The van der Waals surface area contributed by atoms with Crippen LogP contribution in [-0.4, -0.2) is 27.4 Å². The summed E-state index contributed by atoms with van der Waals surface area (Å²) in [5.74, 6) is -1.62. The van der Waals surface area contributed by atoms with Gasteiger partial charge in [-0.25, -0.2) is 0 Å². The average molecular weight is 183 g/mol. The number of rotatable bonds is 3. The third-order valence-electron chi connectivity index (χ3n) is 1.91. The summed E-state index contributed by atoms with van der Waals surface area (Å²) < 4.78 is 1.59. The Morgan fingerprint density at radius 1 is 1.85 bits per heavy atom. The summed E-state index contributed by atoms with van der Waals surface area (Å²) >= 11 is 0. The fourth-order valence-electron chi connectivity index (χ4n) is 1.30. The molecule has 1 unspecified atom stereocenters. The minimum atomic E-state index is -0.927. The number of hydrogen-bond acceptors (Lipinski definition) is 3. The number of aryl methyl sites for hydroxylation is 2. The summed E-state index contributed by atoms with van der Waals surface area (Å²) in [5, 5.41) is 12.9. The van der Waals surface area contributed by atoms with Crippen LogP contribution < -0.4 is 5.73 Å². The monoisotopic (exact) mass is 183 g/mol. The lowest BCUT2D eigenvalue weighted by Crippen LogP contribution is -2.22. The van der Waals surface area contributed by atoms with Crippen LogP contribution in [0, 0.1) is 6.92 Å². The van der Waals surface area contributed by atoms with E-state index in [9.17, 15) is 4.79 Å². The van der Waals surface area contributed by atoms with Gasteiger partial charge in [0.2, 0.25) is 0 Å². The third-order valence-corrected chi connectivity index (χ3v) is 1.91. The van der Waals surface area contributed by atoms with Crippen molar-refractivity contribution in [2.24, 2.45) is 12.8 Å². The van der Waals surface area contributed by atoms with Gasteiger partial charge in [0.25, 0.3) is 0 Å². The number of carboxylic acids is 1. The molecular formula is C8H13N3O2. The highest BCUT2D eigenvalue weighted by molar-refractivity contribution is 5.76. The Kier molecular flexibility index (Phi) is 2.67. The van der Waals surface area contributed by atoms with E-state index in [0.717, 1.165) is 5.56 Å². The van der Waals surface area contributed by atoms with Crippen LogP contribution >= 0.6 is 0 Å². The van der Waals surface area contributed by atoms with E-state index in [1.807, 2.05) is 6.92 Å². The van der Waals surface area contributed by atoms with Gasteiger partial charge >= 0.3 is 5.97 Å². The Hall–Kier alpha value is -1.36. The lowest BCUT2D eigenvalue weighted by atomic mass is 10.0. The van der Waals surface area contributed by atoms with Gasteiger partial charge in [-0.1, -0.05) is 0 Å². The van der Waals surface area contributed by atoms with Gasteiger partial charge in [-0.15, -0.1) is 0 Å². The van der Waals surface area contributed by atoms with Crippen molar-refractivity contribution in [3.63, 3.8) is 0 Å². The number of aromatic nitrogens is 2. The van der Waals surface area contributed by atoms with Gasteiger partial charge in [-0.2, -0.15) is 5.10 Å². The van der Waals surface area contributed by atoms with Gasteiger partial charge in [0.05, 0.1) is 5.69 Å². The first kappa shape index (κ1) is 9.73. The first-order valence-electron chi connectivity index (χ1n) is 3.99. The molecule has 0 aliphatic carbocycles. The molecule has 0 aromatic carbocycles. The smallest absolute Gasteiger partial charge is 0.313 e. The molecule has 72 valence electrons. The summed E-state index contributed by atoms with van der Waals surface area (Å²) in [7, 11) is 1.76. The lowest BCUT2D eigenvalue weighted by molar-refractivity contribution is -0.138. The SMILES string of the molecule is Cc1cn(C)nc1C(CN)C(=O)O. The van der Waals surface area contributed by atoms with Crippen molar-refractivity contribution in [1.29, 1.82) is 0 Å². The van der Waals surface area contributed by atoms with E-state index >= 15 is 0 Å². The zero-order chi connectivity index (χ0) is 10.0. The quantitative estimate of drug-likeness (QED) is 0.683. The van der Waals surface area contributed by atoms with Gasteiger partial charge in [-0.3, -0.25) is 9.48 Å². The number of hydrogen-bond donors (Lipinski definition) is 2. The molecule has 1 heterocycles. The van der Waals surface area contributed by atoms with Gasteiger partial charge in [0.15, 0.2) is 0 Å². The summed E-state index contributed by atoms with van der Waals surface area (Å²) in [6.07, 6.45) is 1.78. The van der Waals surface area contributed by atoms with Crippen molar-refractivity contribution in [1.82, 2.24) is 9.78 Å². The minimum absolute atomic E-state index is 0.0766. The molecule has 3 N–H and O–H groups in total. The highest BCUT2D eigenvalue weighted by Gasteiger charge is 2.22. The molecule has 1 rings (SSSR count). The third kappa shape index (κ3) is 1.86. The van der Waals surface area contributed by atoms with Gasteiger partial charge in [0, 0.05) is 19.8 Å². The van der Waals surface area contributed by atoms with E-state index in [2.05, 4.69) is 5.10 Å². The van der Waals surface area contributed by atoms with Crippen molar-refractivity contribution >= 4 is 5.97 Å². The normalized spacial score (nSPS) is 12.8. The Morgan fingerprint density at radius 2 is 2.46 bits per heavy atom. The molecule has 0 spiro atoms. The molecule has 0 aliphatic rings. The number of aliphatic carboxylic acids is 1. The second-order valence-corrected chi connectivity index (χ2v) is 3.00. The standard InChI is InChI=1S/C8H13N3O2/c1-5-4-11(2)10-7(5)6(3-9)8(12)13/h4,6H,3,9H2,1-2H3,(H,12,13). The first-order chi connectivity index (χ1) is 6.06. The number of nitrogens with zero attached hydrogens (tertiary/aromatic N) is 2. The fourth-order valence-corrected chi connectivity index (χ4v) is 1.30. The van der Waals surface area contributed by atoms with Crippen molar-refractivity contribution in [2.75, 3.05) is 6.54 Å². The van der Waals surface area contributed by atoms with E-state index < -0.39 is 11.9 Å². The van der Waals surface area contributed by atoms with Crippen molar-refractivity contribution in [3.8, 4) is 0 Å². The number of carbonyl (C=O) groups is 1. The Balaban J connectivity index is 3.04. The molecule has 1 atom stereocenters. The van der Waals surface area contributed by atoms with Crippen LogP contribution in [0.5, 0.6) is 0 Å². The average Bonchev–Trinajstić information content (AvgIpc) is 2.31. The summed E-state index contributed by atoms with van der Waals surface area (Å²) in [6.45, 7) is 1.90. The highest BCUT2D eigenvalue weighted by Crippen LogP contribution is 2.16. The maximum atomic E-state index is 10.8. The van der Waals surface area contributed by atoms with Gasteiger partial charge in [-0.05, 0) is 12.5 Å². The number of nitrogens with two attached hydrogens (primary N) is 1. The molecule has 0 bridgehead atoms. The Bertz CT molecular complexity index is 319. The van der Waals surface area contributed by atoms with E-state index in [4.69, 9.17) is 10.8 Å². The molecule has 0 saturated heterocycles. The van der Waals surface area contributed by atoms with E-state index in [-0.39, 0.29) is 6.54 Å². The largest absolute Gasteiger partial charge is 0.481 e. The maximum Gasteiger partial charge on any atom is 0.313 e. The van der Waals surface area contributed by atoms with Crippen LogP contribution in [0.3, 0.4) is 0 Å². The molecule has 0 radical (unpaired) electrons. The predicted molar refractivity (Wildman–Crippen MR) is 47.4 cm³/mol. The summed E-state index contributed by atoms with van der Waals surface area (Å²) in [5.41, 5.74) is 6.77. The summed E-state index contributed by atoms with van der Waals surface area (Å²) in [6, 6.07) is 0. The van der Waals surface area contributed by atoms with Crippen LogP contribution in [0.2, 0.25) is 0 Å². The lowest BCUT2D eigenvalue weighted by Gasteiger charge is -2.06. The van der Waals surface area contributed by atoms with E-state index in [0.29, 0.717) is 5.69 Å². The van der Waals surface area contributed by atoms with E-state index in [1.54, 1.807) is 17.9 Å². The Labute approximate surface area is 76.2 Å². The van der Waals surface area contributed by atoms with Gasteiger partial charge < -0.3 is 10.8 Å². The topological polar surface area (TPSA) is 81.1 Å². The van der Waals surface area contributed by atoms with Crippen LogP contribution in [0.4, 0.5) is 0 Å². The van der Waals surface area contributed by atoms with E-state index in [1.165, 1.54) is 0 Å². The fraction of sp³-hybridized carbons (Fsp3) is 0.500. The zero-order valence-corrected chi connectivity index (χ0v) is 7.69. The molecule has 0 amide bonds. The van der Waals surface area contributed by atoms with Crippen LogP contribution in [0.15, 0.2) is 6.20 Å². The molecule has 5 heteroatoms. The Morgan fingerprint density at radius 3 is 2.77 bits per heavy atom. The molecule has 0 aliphatic heterocycles. The molecule has 1 aromatic heterocycles. The minimum Gasteiger partial charge on any atom is -0.481 e. The second-order valence-electron chi connectivity index (χ2n) is 3.00. The van der Waals surface area contributed by atoms with Crippen molar-refractivity contribution in [2.45, 2.75) is 12.8 Å². The molecular weight excluding hydrogens is 170 g/mol. The van der Waals surface area contributed by atoms with Crippen LogP contribution in [0.1, 0.15) is 17.2 Å². The molecule has 1 aromatic rings. The predicted octanol–water partition coefficient (Wildman–Crippen LogP) is -0.145. The zero-order valence-electron chi connectivity index (χ0n) is 7.69. The number of carboxylic acid groups (broad SMARTS) is 1. The second kappa shape index (κ2) is 3.57. The molecule has 0 fully saturated rings. The van der Waals surface area contributed by atoms with Crippen LogP contribution in [0.25, 0.3) is 0 Å².